The van der Waals surface area contributed by atoms with Crippen molar-refractivity contribution >= 4 is 28.9 Å². The molecule has 0 saturated heterocycles. The van der Waals surface area contributed by atoms with Crippen molar-refractivity contribution in [2.75, 3.05) is 11.1 Å². The van der Waals surface area contributed by atoms with Gasteiger partial charge in [-0.2, -0.15) is 5.10 Å². The molecule has 0 unspecified atom stereocenters. The number of rotatable bonds is 2. The Morgan fingerprint density at radius 3 is 2.83 bits per heavy atom. The fourth-order valence-corrected chi connectivity index (χ4v) is 1.72. The van der Waals surface area contributed by atoms with Gasteiger partial charge in [0.2, 0.25) is 0 Å². The van der Waals surface area contributed by atoms with Crippen LogP contribution in [0.4, 0.5) is 11.4 Å². The monoisotopic (exact) mass is 264 g/mol. The molecule has 2 aromatic rings. The first kappa shape index (κ1) is 12.4. The molecule has 0 aliphatic heterocycles. The van der Waals surface area contributed by atoms with E-state index in [2.05, 4.69) is 10.4 Å². The molecule has 5 nitrogen and oxygen atoms in total. The molecule has 2 rings (SSSR count). The molecule has 1 aromatic carbocycles. The summed E-state index contributed by atoms with van der Waals surface area (Å²) in [6.07, 6.45) is 1.71. The Labute approximate surface area is 110 Å². The first-order chi connectivity index (χ1) is 8.47. The van der Waals surface area contributed by atoms with E-state index in [9.17, 15) is 4.79 Å². The number of halogens is 1. The SMILES string of the molecule is Cc1cc(N)c(Cl)cc1NC(=O)c1ccn(C)n1. The third-order valence-corrected chi connectivity index (χ3v) is 2.87. The number of aryl methyl sites for hydroxylation is 2. The third-order valence-electron chi connectivity index (χ3n) is 2.54. The van der Waals surface area contributed by atoms with Gasteiger partial charge in [0.15, 0.2) is 5.69 Å². The Balaban J connectivity index is 2.24. The van der Waals surface area contributed by atoms with Crippen molar-refractivity contribution in [1.82, 2.24) is 9.78 Å². The smallest absolute Gasteiger partial charge is 0.276 e. The zero-order valence-corrected chi connectivity index (χ0v) is 10.8. The van der Waals surface area contributed by atoms with Crippen LogP contribution in [0, 0.1) is 6.92 Å². The first-order valence-corrected chi connectivity index (χ1v) is 5.72. The second kappa shape index (κ2) is 4.70. The van der Waals surface area contributed by atoms with E-state index in [0.29, 0.717) is 22.1 Å². The van der Waals surface area contributed by atoms with Crippen LogP contribution < -0.4 is 11.1 Å². The number of carbonyl (C=O) groups is 1. The normalized spacial score (nSPS) is 10.4. The topological polar surface area (TPSA) is 72.9 Å². The molecule has 0 aliphatic carbocycles. The van der Waals surface area contributed by atoms with Crippen LogP contribution >= 0.6 is 11.6 Å². The standard InChI is InChI=1S/C12H13ClN4O/c1-7-5-9(14)8(13)6-11(7)15-12(18)10-3-4-17(2)16-10/h3-6H,14H2,1-2H3,(H,15,18). The minimum absolute atomic E-state index is 0.278. The molecule has 18 heavy (non-hydrogen) atoms. The average Bonchev–Trinajstić information content (AvgIpc) is 2.73. The van der Waals surface area contributed by atoms with Gasteiger partial charge in [-0.05, 0) is 30.7 Å². The maximum Gasteiger partial charge on any atom is 0.276 e. The molecule has 0 atom stereocenters. The van der Waals surface area contributed by atoms with Crippen LogP contribution in [0.5, 0.6) is 0 Å². The number of hydrogen-bond acceptors (Lipinski definition) is 3. The van der Waals surface area contributed by atoms with Crippen LogP contribution in [-0.4, -0.2) is 15.7 Å². The van der Waals surface area contributed by atoms with Crippen molar-refractivity contribution in [3.63, 3.8) is 0 Å². The summed E-state index contributed by atoms with van der Waals surface area (Å²) in [6.45, 7) is 1.85. The molecule has 1 heterocycles. The quantitative estimate of drug-likeness (QED) is 0.817. The second-order valence-corrected chi connectivity index (χ2v) is 4.42. The molecule has 0 bridgehead atoms. The molecule has 3 N–H and O–H groups in total. The number of nitrogens with zero attached hydrogens (tertiary/aromatic N) is 2. The number of nitrogens with two attached hydrogens (primary N) is 1. The number of nitrogen functional groups attached to an aromatic ring is 1. The average molecular weight is 265 g/mol. The van der Waals surface area contributed by atoms with Gasteiger partial charge in [0.1, 0.15) is 0 Å². The van der Waals surface area contributed by atoms with E-state index in [-0.39, 0.29) is 5.91 Å². The molecule has 0 saturated carbocycles. The van der Waals surface area contributed by atoms with Gasteiger partial charge in [0.05, 0.1) is 10.7 Å². The fourth-order valence-electron chi connectivity index (χ4n) is 1.56. The van der Waals surface area contributed by atoms with Gasteiger partial charge in [0.25, 0.3) is 5.91 Å². The maximum absolute atomic E-state index is 11.9. The number of carbonyl (C=O) groups excluding carboxylic acids is 1. The fraction of sp³-hybridized carbons (Fsp3) is 0.167. The highest BCUT2D eigenvalue weighted by Gasteiger charge is 2.11. The minimum atomic E-state index is -0.278. The summed E-state index contributed by atoms with van der Waals surface area (Å²) >= 11 is 5.92. The zero-order valence-electron chi connectivity index (χ0n) is 10.1. The van der Waals surface area contributed by atoms with Crippen molar-refractivity contribution in [3.8, 4) is 0 Å². The number of nitrogens with one attached hydrogen (secondary N) is 1. The lowest BCUT2D eigenvalue weighted by atomic mass is 10.1. The summed E-state index contributed by atoms with van der Waals surface area (Å²) in [7, 11) is 1.75. The van der Waals surface area contributed by atoms with E-state index in [0.717, 1.165) is 5.56 Å². The number of hydrogen-bond donors (Lipinski definition) is 2. The van der Waals surface area contributed by atoms with Crippen LogP contribution in [0.3, 0.4) is 0 Å². The van der Waals surface area contributed by atoms with Gasteiger partial charge >= 0.3 is 0 Å². The molecule has 0 spiro atoms. The Morgan fingerprint density at radius 2 is 2.22 bits per heavy atom. The van der Waals surface area contributed by atoms with Crippen molar-refractivity contribution in [2.24, 2.45) is 7.05 Å². The zero-order chi connectivity index (χ0) is 13.3. The van der Waals surface area contributed by atoms with Crippen molar-refractivity contribution in [3.05, 3.63) is 40.7 Å². The predicted octanol–water partition coefficient (Wildman–Crippen LogP) is 2.22. The van der Waals surface area contributed by atoms with Gasteiger partial charge in [-0.25, -0.2) is 0 Å². The van der Waals surface area contributed by atoms with Gasteiger partial charge in [-0.15, -0.1) is 0 Å². The predicted molar refractivity (Wildman–Crippen MR) is 71.8 cm³/mol. The molecular weight excluding hydrogens is 252 g/mol. The van der Waals surface area contributed by atoms with E-state index in [1.165, 1.54) is 0 Å². The van der Waals surface area contributed by atoms with Gasteiger partial charge in [0, 0.05) is 18.9 Å². The van der Waals surface area contributed by atoms with Crippen molar-refractivity contribution in [1.29, 1.82) is 0 Å². The molecular formula is C12H13ClN4O. The Morgan fingerprint density at radius 1 is 1.50 bits per heavy atom. The number of benzene rings is 1. The van der Waals surface area contributed by atoms with Crippen LogP contribution in [0.15, 0.2) is 24.4 Å². The minimum Gasteiger partial charge on any atom is -0.398 e. The number of anilines is 2. The van der Waals surface area contributed by atoms with Crippen LogP contribution in [-0.2, 0) is 7.05 Å². The highest BCUT2D eigenvalue weighted by atomic mass is 35.5. The largest absolute Gasteiger partial charge is 0.398 e. The summed E-state index contributed by atoms with van der Waals surface area (Å²) in [6, 6.07) is 4.99. The molecule has 1 aromatic heterocycles. The lowest BCUT2D eigenvalue weighted by Crippen LogP contribution is -2.14. The highest BCUT2D eigenvalue weighted by Crippen LogP contribution is 2.26. The molecule has 1 amide bonds. The summed E-state index contributed by atoms with van der Waals surface area (Å²) in [5.41, 5.74) is 7.99. The summed E-state index contributed by atoms with van der Waals surface area (Å²) in [5.74, 6) is -0.278. The molecule has 6 heteroatoms. The summed E-state index contributed by atoms with van der Waals surface area (Å²) in [5, 5.41) is 7.19. The Bertz CT molecular complexity index is 606. The van der Waals surface area contributed by atoms with Gasteiger partial charge in [-0.3, -0.25) is 9.48 Å². The lowest BCUT2D eigenvalue weighted by molar-refractivity contribution is 0.102. The third kappa shape index (κ3) is 2.46. The molecule has 0 aliphatic rings. The van der Waals surface area contributed by atoms with E-state index in [4.69, 9.17) is 17.3 Å². The van der Waals surface area contributed by atoms with E-state index in [1.54, 1.807) is 36.1 Å². The summed E-state index contributed by atoms with van der Waals surface area (Å²) in [4.78, 5) is 11.9. The molecule has 0 fully saturated rings. The van der Waals surface area contributed by atoms with Crippen LogP contribution in [0.2, 0.25) is 5.02 Å². The van der Waals surface area contributed by atoms with E-state index < -0.39 is 0 Å². The molecule has 0 radical (unpaired) electrons. The van der Waals surface area contributed by atoms with Crippen molar-refractivity contribution in [2.45, 2.75) is 6.92 Å². The van der Waals surface area contributed by atoms with Crippen molar-refractivity contribution < 1.29 is 4.79 Å². The Hall–Kier alpha value is -2.01. The summed E-state index contributed by atoms with van der Waals surface area (Å²) < 4.78 is 1.57. The number of amides is 1. The van der Waals surface area contributed by atoms with Crippen LogP contribution in [0.25, 0.3) is 0 Å². The molecule has 94 valence electrons. The first-order valence-electron chi connectivity index (χ1n) is 5.34. The van der Waals surface area contributed by atoms with E-state index >= 15 is 0 Å². The number of aromatic nitrogens is 2. The maximum atomic E-state index is 11.9. The van der Waals surface area contributed by atoms with Crippen LogP contribution in [0.1, 0.15) is 16.1 Å². The van der Waals surface area contributed by atoms with Gasteiger partial charge in [-0.1, -0.05) is 11.6 Å². The Kier molecular flexibility index (Phi) is 3.25. The van der Waals surface area contributed by atoms with Gasteiger partial charge < -0.3 is 11.1 Å². The second-order valence-electron chi connectivity index (χ2n) is 4.02. The van der Waals surface area contributed by atoms with E-state index in [1.807, 2.05) is 6.92 Å². The highest BCUT2D eigenvalue weighted by molar-refractivity contribution is 6.33. The lowest BCUT2D eigenvalue weighted by Gasteiger charge is -2.09.